The molecular formula is C26H33N3O4S. The number of hydrogen-bond acceptors (Lipinski definition) is 4. The summed E-state index contributed by atoms with van der Waals surface area (Å²) in [5.41, 5.74) is 2.86. The lowest BCUT2D eigenvalue weighted by atomic mass is 10.0. The second kappa shape index (κ2) is 9.88. The van der Waals surface area contributed by atoms with Crippen LogP contribution < -0.4 is 5.32 Å². The highest BCUT2D eigenvalue weighted by Gasteiger charge is 2.30. The Labute approximate surface area is 202 Å². The third-order valence-corrected chi connectivity index (χ3v) is 9.05. The van der Waals surface area contributed by atoms with Crippen molar-refractivity contribution in [3.8, 4) is 0 Å². The number of sulfonamides is 1. The number of aryl methyl sites for hydroxylation is 1. The second-order valence-electron chi connectivity index (χ2n) is 9.53. The van der Waals surface area contributed by atoms with Crippen LogP contribution in [0.4, 0.5) is 5.69 Å². The highest BCUT2D eigenvalue weighted by molar-refractivity contribution is 7.89. The first-order valence-corrected chi connectivity index (χ1v) is 13.4. The first-order chi connectivity index (χ1) is 16.2. The summed E-state index contributed by atoms with van der Waals surface area (Å²) >= 11 is 0. The van der Waals surface area contributed by atoms with Crippen molar-refractivity contribution >= 4 is 27.5 Å². The van der Waals surface area contributed by atoms with Crippen molar-refractivity contribution in [1.29, 1.82) is 0 Å². The Morgan fingerprint density at radius 2 is 1.53 bits per heavy atom. The zero-order valence-electron chi connectivity index (χ0n) is 20.1. The van der Waals surface area contributed by atoms with Crippen LogP contribution in [-0.4, -0.2) is 55.6 Å². The second-order valence-corrected chi connectivity index (χ2v) is 11.4. The molecule has 34 heavy (non-hydrogen) atoms. The van der Waals surface area contributed by atoms with Crippen LogP contribution in [0.5, 0.6) is 0 Å². The first kappa shape index (κ1) is 24.4. The van der Waals surface area contributed by atoms with Crippen molar-refractivity contribution in [2.75, 3.05) is 31.5 Å². The number of nitrogens with one attached hydrogen (secondary N) is 1. The molecule has 2 saturated heterocycles. The zero-order chi connectivity index (χ0) is 24.5. The molecule has 0 spiro atoms. The van der Waals surface area contributed by atoms with Crippen molar-refractivity contribution in [2.24, 2.45) is 5.92 Å². The van der Waals surface area contributed by atoms with E-state index >= 15 is 0 Å². The number of hydrogen-bond donors (Lipinski definition) is 1. The van der Waals surface area contributed by atoms with E-state index in [1.54, 1.807) is 37.3 Å². The van der Waals surface area contributed by atoms with Gasteiger partial charge in [0.15, 0.2) is 0 Å². The lowest BCUT2D eigenvalue weighted by molar-refractivity contribution is 0.0792. The topological polar surface area (TPSA) is 86.8 Å². The standard InChI is InChI=1S/C26H33N3O4S/c1-18-10-14-29(15-11-18)34(32,33)24-17-22(16-19(2)20(24)3)25(30)27-23-8-6-21(7-9-23)26(31)28-12-4-5-13-28/h6-9,16-18H,4-5,10-15H2,1-3H3,(H,27,30). The number of rotatable bonds is 5. The zero-order valence-corrected chi connectivity index (χ0v) is 21.0. The monoisotopic (exact) mass is 483 g/mol. The molecule has 2 amide bonds. The molecule has 0 aromatic heterocycles. The number of likely N-dealkylation sites (tertiary alicyclic amines) is 1. The Kier molecular flexibility index (Phi) is 7.09. The van der Waals surface area contributed by atoms with Crippen LogP contribution in [0.2, 0.25) is 0 Å². The predicted molar refractivity (Wildman–Crippen MR) is 133 cm³/mol. The number of amides is 2. The quantitative estimate of drug-likeness (QED) is 0.690. The van der Waals surface area contributed by atoms with E-state index in [0.29, 0.717) is 41.4 Å². The lowest BCUT2D eigenvalue weighted by Gasteiger charge is -2.30. The van der Waals surface area contributed by atoms with Gasteiger partial charge in [-0.05, 0) is 93.0 Å². The summed E-state index contributed by atoms with van der Waals surface area (Å²) in [7, 11) is -3.68. The van der Waals surface area contributed by atoms with E-state index in [-0.39, 0.29) is 16.7 Å². The summed E-state index contributed by atoms with van der Waals surface area (Å²) in [6.45, 7) is 8.31. The Morgan fingerprint density at radius 1 is 0.912 bits per heavy atom. The van der Waals surface area contributed by atoms with Gasteiger partial charge < -0.3 is 10.2 Å². The predicted octanol–water partition coefficient (Wildman–Crippen LogP) is 4.21. The Bertz CT molecular complexity index is 1180. The summed E-state index contributed by atoms with van der Waals surface area (Å²) in [5, 5.41) is 2.83. The maximum atomic E-state index is 13.4. The fraction of sp³-hybridized carbons (Fsp3) is 0.462. The van der Waals surface area contributed by atoms with Gasteiger partial charge in [-0.3, -0.25) is 9.59 Å². The molecule has 1 N–H and O–H groups in total. The molecule has 182 valence electrons. The number of anilines is 1. The summed E-state index contributed by atoms with van der Waals surface area (Å²) in [5.74, 6) is 0.139. The molecule has 2 aromatic rings. The van der Waals surface area contributed by atoms with Crippen LogP contribution in [0.1, 0.15) is 64.4 Å². The summed E-state index contributed by atoms with van der Waals surface area (Å²) in [4.78, 5) is 27.6. The van der Waals surface area contributed by atoms with E-state index in [4.69, 9.17) is 0 Å². The van der Waals surface area contributed by atoms with Gasteiger partial charge in [-0.25, -0.2) is 8.42 Å². The van der Waals surface area contributed by atoms with Crippen LogP contribution in [0.25, 0.3) is 0 Å². The van der Waals surface area contributed by atoms with Gasteiger partial charge in [0.2, 0.25) is 10.0 Å². The SMILES string of the molecule is Cc1cc(C(=O)Nc2ccc(C(=O)N3CCCC3)cc2)cc(S(=O)(=O)N2CCC(C)CC2)c1C. The first-order valence-electron chi connectivity index (χ1n) is 12.0. The highest BCUT2D eigenvalue weighted by atomic mass is 32.2. The molecule has 0 aliphatic carbocycles. The van der Waals surface area contributed by atoms with Gasteiger partial charge in [-0.1, -0.05) is 6.92 Å². The molecule has 2 fully saturated rings. The normalized spacial score (nSPS) is 17.7. The van der Waals surface area contributed by atoms with Crippen molar-refractivity contribution in [3.63, 3.8) is 0 Å². The molecule has 0 radical (unpaired) electrons. The van der Waals surface area contributed by atoms with Crippen LogP contribution >= 0.6 is 0 Å². The summed E-state index contributed by atoms with van der Waals surface area (Å²) < 4.78 is 28.3. The molecule has 2 heterocycles. The average molecular weight is 484 g/mol. The number of carbonyl (C=O) groups is 2. The minimum atomic E-state index is -3.68. The van der Waals surface area contributed by atoms with Crippen molar-refractivity contribution in [2.45, 2.75) is 51.3 Å². The van der Waals surface area contributed by atoms with Gasteiger partial charge in [-0.2, -0.15) is 4.31 Å². The average Bonchev–Trinajstić information content (AvgIpc) is 3.36. The van der Waals surface area contributed by atoms with Gasteiger partial charge in [0.25, 0.3) is 11.8 Å². The van der Waals surface area contributed by atoms with E-state index in [1.807, 2.05) is 11.8 Å². The van der Waals surface area contributed by atoms with Crippen molar-refractivity contribution in [3.05, 3.63) is 58.7 Å². The van der Waals surface area contributed by atoms with E-state index in [2.05, 4.69) is 12.2 Å². The van der Waals surface area contributed by atoms with Gasteiger partial charge in [0.05, 0.1) is 4.90 Å². The molecule has 8 heteroatoms. The molecule has 0 bridgehead atoms. The maximum Gasteiger partial charge on any atom is 0.255 e. The molecule has 2 aliphatic heterocycles. The molecule has 0 unspecified atom stereocenters. The summed E-state index contributed by atoms with van der Waals surface area (Å²) in [6, 6.07) is 10.0. The van der Waals surface area contributed by atoms with Crippen molar-refractivity contribution < 1.29 is 18.0 Å². The minimum absolute atomic E-state index is 0.00601. The van der Waals surface area contributed by atoms with E-state index in [0.717, 1.165) is 44.3 Å². The molecule has 0 atom stereocenters. The lowest BCUT2D eigenvalue weighted by Crippen LogP contribution is -2.38. The highest BCUT2D eigenvalue weighted by Crippen LogP contribution is 2.28. The molecular weight excluding hydrogens is 450 g/mol. The molecule has 2 aromatic carbocycles. The third-order valence-electron chi connectivity index (χ3n) is 7.03. The van der Waals surface area contributed by atoms with Crippen LogP contribution in [0.3, 0.4) is 0 Å². The van der Waals surface area contributed by atoms with E-state index in [1.165, 1.54) is 10.4 Å². The third kappa shape index (κ3) is 5.03. The Morgan fingerprint density at radius 3 is 2.15 bits per heavy atom. The van der Waals surface area contributed by atoms with E-state index in [9.17, 15) is 18.0 Å². The van der Waals surface area contributed by atoms with Gasteiger partial charge in [0, 0.05) is 43.0 Å². The van der Waals surface area contributed by atoms with Crippen molar-refractivity contribution in [1.82, 2.24) is 9.21 Å². The van der Waals surface area contributed by atoms with Crippen LogP contribution in [-0.2, 0) is 10.0 Å². The summed E-state index contributed by atoms with van der Waals surface area (Å²) in [6.07, 6.45) is 3.75. The Hall–Kier alpha value is -2.71. The molecule has 7 nitrogen and oxygen atoms in total. The molecule has 2 aliphatic rings. The number of benzene rings is 2. The molecule has 4 rings (SSSR count). The number of carbonyl (C=O) groups excluding carboxylic acids is 2. The van der Waals surface area contributed by atoms with Gasteiger partial charge in [0.1, 0.15) is 0 Å². The molecule has 0 saturated carbocycles. The van der Waals surface area contributed by atoms with Gasteiger partial charge >= 0.3 is 0 Å². The van der Waals surface area contributed by atoms with Gasteiger partial charge in [-0.15, -0.1) is 0 Å². The van der Waals surface area contributed by atoms with E-state index < -0.39 is 10.0 Å². The fourth-order valence-electron chi connectivity index (χ4n) is 4.59. The minimum Gasteiger partial charge on any atom is -0.339 e. The fourth-order valence-corrected chi connectivity index (χ4v) is 6.39. The largest absolute Gasteiger partial charge is 0.339 e. The maximum absolute atomic E-state index is 13.4. The number of nitrogens with zero attached hydrogens (tertiary/aromatic N) is 2. The van der Waals surface area contributed by atoms with Crippen LogP contribution in [0.15, 0.2) is 41.3 Å². The Balaban J connectivity index is 1.52. The number of piperidine rings is 1. The van der Waals surface area contributed by atoms with Crippen LogP contribution in [0, 0.1) is 19.8 Å². The smallest absolute Gasteiger partial charge is 0.255 e.